The van der Waals surface area contributed by atoms with Crippen molar-refractivity contribution in [1.29, 1.82) is 0 Å². The SMILES string of the molecule is O=C(O)c1ccc(Cl)c(S(=O)(=O)C2CCCCNC2=O)c1. The molecular formula is C13H14ClNO5S. The van der Waals surface area contributed by atoms with Crippen molar-refractivity contribution in [2.24, 2.45) is 0 Å². The Morgan fingerprint density at radius 2 is 2.05 bits per heavy atom. The average Bonchev–Trinajstić information content (AvgIpc) is 2.63. The lowest BCUT2D eigenvalue weighted by molar-refractivity contribution is -0.120. The van der Waals surface area contributed by atoms with E-state index in [1.807, 2.05) is 0 Å². The maximum absolute atomic E-state index is 12.6. The summed E-state index contributed by atoms with van der Waals surface area (Å²) in [7, 11) is -4.03. The Kier molecular flexibility index (Phi) is 4.53. The van der Waals surface area contributed by atoms with Crippen molar-refractivity contribution < 1.29 is 23.1 Å². The van der Waals surface area contributed by atoms with Gasteiger partial charge in [0.25, 0.3) is 0 Å². The monoisotopic (exact) mass is 331 g/mol. The first-order valence-electron chi connectivity index (χ1n) is 6.38. The maximum atomic E-state index is 12.6. The van der Waals surface area contributed by atoms with E-state index in [0.717, 1.165) is 6.07 Å². The highest BCUT2D eigenvalue weighted by Crippen LogP contribution is 2.29. The molecule has 1 saturated heterocycles. The molecule has 1 amide bonds. The minimum atomic E-state index is -4.03. The van der Waals surface area contributed by atoms with Gasteiger partial charge in [0.1, 0.15) is 5.25 Å². The van der Waals surface area contributed by atoms with Gasteiger partial charge in [-0.05, 0) is 37.5 Å². The first-order chi connectivity index (χ1) is 9.84. The Bertz CT molecular complexity index is 686. The van der Waals surface area contributed by atoms with Crippen LogP contribution in [0.1, 0.15) is 29.6 Å². The van der Waals surface area contributed by atoms with E-state index in [4.69, 9.17) is 16.7 Å². The summed E-state index contributed by atoms with van der Waals surface area (Å²) in [6.07, 6.45) is 1.50. The lowest BCUT2D eigenvalue weighted by Gasteiger charge is -2.15. The zero-order chi connectivity index (χ0) is 15.6. The van der Waals surface area contributed by atoms with Crippen molar-refractivity contribution in [1.82, 2.24) is 5.32 Å². The van der Waals surface area contributed by atoms with Gasteiger partial charge in [0.15, 0.2) is 9.84 Å². The van der Waals surface area contributed by atoms with Crippen LogP contribution in [0.4, 0.5) is 0 Å². The highest BCUT2D eigenvalue weighted by atomic mass is 35.5. The second-order valence-electron chi connectivity index (χ2n) is 4.77. The fourth-order valence-corrected chi connectivity index (χ4v) is 4.43. The first-order valence-corrected chi connectivity index (χ1v) is 8.31. The highest BCUT2D eigenvalue weighted by Gasteiger charge is 2.36. The van der Waals surface area contributed by atoms with Gasteiger partial charge in [-0.25, -0.2) is 13.2 Å². The summed E-state index contributed by atoms with van der Waals surface area (Å²) in [5.74, 6) is -1.82. The number of carbonyl (C=O) groups is 2. The Balaban J connectivity index is 2.50. The third-order valence-electron chi connectivity index (χ3n) is 3.34. The molecule has 1 fully saturated rings. The predicted octanol–water partition coefficient (Wildman–Crippen LogP) is 1.48. The van der Waals surface area contributed by atoms with E-state index in [9.17, 15) is 18.0 Å². The number of rotatable bonds is 3. The van der Waals surface area contributed by atoms with Gasteiger partial charge >= 0.3 is 5.97 Å². The molecule has 1 unspecified atom stereocenters. The van der Waals surface area contributed by atoms with Crippen molar-refractivity contribution in [3.8, 4) is 0 Å². The van der Waals surface area contributed by atoms with E-state index >= 15 is 0 Å². The zero-order valence-corrected chi connectivity index (χ0v) is 12.6. The molecule has 6 nitrogen and oxygen atoms in total. The van der Waals surface area contributed by atoms with E-state index in [0.29, 0.717) is 19.4 Å². The van der Waals surface area contributed by atoms with E-state index in [1.54, 1.807) is 0 Å². The summed E-state index contributed by atoms with van der Waals surface area (Å²) >= 11 is 5.89. The molecule has 0 saturated carbocycles. The smallest absolute Gasteiger partial charge is 0.335 e. The molecule has 8 heteroatoms. The third kappa shape index (κ3) is 3.19. The molecule has 1 aliphatic rings. The van der Waals surface area contributed by atoms with Gasteiger partial charge in [-0.1, -0.05) is 11.6 Å². The van der Waals surface area contributed by atoms with Gasteiger partial charge in [0.2, 0.25) is 5.91 Å². The van der Waals surface area contributed by atoms with Crippen LogP contribution >= 0.6 is 11.6 Å². The molecule has 0 aliphatic carbocycles. The van der Waals surface area contributed by atoms with Crippen molar-refractivity contribution in [2.75, 3.05) is 6.54 Å². The second-order valence-corrected chi connectivity index (χ2v) is 7.28. The molecule has 2 N–H and O–H groups in total. The summed E-state index contributed by atoms with van der Waals surface area (Å²) in [4.78, 5) is 22.6. The third-order valence-corrected chi connectivity index (χ3v) is 5.94. The Morgan fingerprint density at radius 1 is 1.33 bits per heavy atom. The van der Waals surface area contributed by atoms with Crippen LogP contribution in [0.25, 0.3) is 0 Å². The van der Waals surface area contributed by atoms with Gasteiger partial charge < -0.3 is 10.4 Å². The molecule has 1 heterocycles. The van der Waals surface area contributed by atoms with Crippen molar-refractivity contribution in [2.45, 2.75) is 29.4 Å². The molecule has 1 aromatic carbocycles. The summed E-state index contributed by atoms with van der Waals surface area (Å²) < 4.78 is 25.2. The molecule has 0 radical (unpaired) electrons. The molecule has 2 rings (SSSR count). The molecule has 1 aromatic rings. The van der Waals surface area contributed by atoms with Crippen molar-refractivity contribution in [3.63, 3.8) is 0 Å². The maximum Gasteiger partial charge on any atom is 0.335 e. The number of carbonyl (C=O) groups excluding carboxylic acids is 1. The van der Waals surface area contributed by atoms with E-state index in [1.165, 1.54) is 12.1 Å². The van der Waals surface area contributed by atoms with E-state index in [-0.39, 0.29) is 21.9 Å². The molecule has 0 bridgehead atoms. The largest absolute Gasteiger partial charge is 0.478 e. The standard InChI is InChI=1S/C13H14ClNO5S/c14-9-5-4-8(13(17)18)7-11(9)21(19,20)10-3-1-2-6-15-12(10)16/h4-5,7,10H,1-3,6H2,(H,15,16)(H,17,18). The van der Waals surface area contributed by atoms with Gasteiger partial charge in [-0.15, -0.1) is 0 Å². The summed E-state index contributed by atoms with van der Waals surface area (Å²) in [5.41, 5.74) is -0.188. The van der Waals surface area contributed by atoms with Crippen LogP contribution in [0.2, 0.25) is 5.02 Å². The van der Waals surface area contributed by atoms with Gasteiger partial charge in [0, 0.05) is 6.54 Å². The zero-order valence-electron chi connectivity index (χ0n) is 11.0. The summed E-state index contributed by atoms with van der Waals surface area (Å²) in [6.45, 7) is 0.438. The number of hydrogen-bond donors (Lipinski definition) is 2. The molecule has 0 aromatic heterocycles. The molecular weight excluding hydrogens is 318 g/mol. The van der Waals surface area contributed by atoms with Crippen LogP contribution in [0, 0.1) is 0 Å². The Hall–Kier alpha value is -1.60. The fraction of sp³-hybridized carbons (Fsp3) is 0.385. The topological polar surface area (TPSA) is 101 Å². The van der Waals surface area contributed by atoms with Crippen LogP contribution in [-0.4, -0.2) is 37.2 Å². The number of sulfone groups is 1. The Labute approximate surface area is 127 Å². The van der Waals surface area contributed by atoms with Gasteiger partial charge in [0.05, 0.1) is 15.5 Å². The molecule has 114 valence electrons. The Morgan fingerprint density at radius 3 is 2.71 bits per heavy atom. The van der Waals surface area contributed by atoms with Crippen LogP contribution in [0.3, 0.4) is 0 Å². The number of hydrogen-bond acceptors (Lipinski definition) is 4. The van der Waals surface area contributed by atoms with Crippen molar-refractivity contribution in [3.05, 3.63) is 28.8 Å². The summed E-state index contributed by atoms with van der Waals surface area (Å²) in [5, 5.41) is 10.2. The van der Waals surface area contributed by atoms with Crippen LogP contribution in [0.5, 0.6) is 0 Å². The minimum Gasteiger partial charge on any atom is -0.478 e. The molecule has 21 heavy (non-hydrogen) atoms. The second kappa shape index (κ2) is 6.03. The average molecular weight is 332 g/mol. The van der Waals surface area contributed by atoms with E-state index in [2.05, 4.69) is 5.32 Å². The number of aromatic carboxylic acids is 1. The van der Waals surface area contributed by atoms with Crippen LogP contribution < -0.4 is 5.32 Å². The molecule has 1 aliphatic heterocycles. The van der Waals surface area contributed by atoms with Gasteiger partial charge in [-0.2, -0.15) is 0 Å². The fourth-order valence-electron chi connectivity index (χ4n) is 2.22. The molecule has 1 atom stereocenters. The van der Waals surface area contributed by atoms with Crippen molar-refractivity contribution >= 4 is 33.3 Å². The number of carboxylic acid groups (broad SMARTS) is 1. The van der Waals surface area contributed by atoms with E-state index < -0.39 is 27.0 Å². The number of nitrogens with one attached hydrogen (secondary N) is 1. The molecule has 0 spiro atoms. The number of amides is 1. The lowest BCUT2D eigenvalue weighted by atomic mass is 10.2. The van der Waals surface area contributed by atoms with Gasteiger partial charge in [-0.3, -0.25) is 4.79 Å². The number of halogens is 1. The van der Waals surface area contributed by atoms with Crippen LogP contribution in [-0.2, 0) is 14.6 Å². The first kappa shape index (κ1) is 15.8. The minimum absolute atomic E-state index is 0.0861. The predicted molar refractivity (Wildman–Crippen MR) is 76.2 cm³/mol. The number of carboxylic acids is 1. The van der Waals surface area contributed by atoms with Crippen LogP contribution in [0.15, 0.2) is 23.1 Å². The highest BCUT2D eigenvalue weighted by molar-refractivity contribution is 7.93. The normalized spacial score (nSPS) is 19.7. The number of benzene rings is 1. The summed E-state index contributed by atoms with van der Waals surface area (Å²) in [6, 6.07) is 3.43. The quantitative estimate of drug-likeness (QED) is 0.873. The lowest BCUT2D eigenvalue weighted by Crippen LogP contribution is -2.38.